The largest absolute Gasteiger partial charge is 0.351 e. The van der Waals surface area contributed by atoms with Gasteiger partial charge in [0.1, 0.15) is 5.69 Å². The second-order valence-electron chi connectivity index (χ2n) is 5.75. The van der Waals surface area contributed by atoms with Gasteiger partial charge in [-0.2, -0.15) is 5.10 Å². The number of nitrogens with zero attached hydrogens (tertiary/aromatic N) is 2. The van der Waals surface area contributed by atoms with Crippen LogP contribution in [-0.4, -0.2) is 33.0 Å². The third-order valence-corrected chi connectivity index (χ3v) is 4.21. The van der Waals surface area contributed by atoms with Gasteiger partial charge in [-0.25, -0.2) is 0 Å². The van der Waals surface area contributed by atoms with Gasteiger partial charge in [0.2, 0.25) is 0 Å². The number of benzene rings is 1. The molecule has 0 radical (unpaired) electrons. The van der Waals surface area contributed by atoms with Crippen molar-refractivity contribution in [2.45, 2.75) is 19.4 Å². The first-order chi connectivity index (χ1) is 11.2. The Labute approximate surface area is 132 Å². The molecule has 116 valence electrons. The van der Waals surface area contributed by atoms with Crippen LogP contribution in [0, 0.1) is 0 Å². The Morgan fingerprint density at radius 1 is 1.26 bits per heavy atom. The highest BCUT2D eigenvalue weighted by Crippen LogP contribution is 2.23. The minimum absolute atomic E-state index is 0.0322. The minimum Gasteiger partial charge on any atom is -0.351 e. The molecule has 0 aliphatic carbocycles. The van der Waals surface area contributed by atoms with Gasteiger partial charge in [-0.1, -0.05) is 12.1 Å². The maximum atomic E-state index is 12.4. The van der Waals surface area contributed by atoms with Crippen molar-refractivity contribution in [3.05, 3.63) is 53.5 Å². The summed E-state index contributed by atoms with van der Waals surface area (Å²) in [5.41, 5.74) is 3.05. The molecule has 4 rings (SSSR count). The molecule has 2 N–H and O–H groups in total. The summed E-state index contributed by atoms with van der Waals surface area (Å²) in [6.45, 7) is 1.45. The molecule has 2 aromatic heterocycles. The second kappa shape index (κ2) is 5.39. The topological polar surface area (TPSA) is 79.8 Å². The third-order valence-electron chi connectivity index (χ3n) is 4.21. The van der Waals surface area contributed by atoms with Crippen molar-refractivity contribution >= 4 is 22.6 Å². The number of amides is 1. The van der Waals surface area contributed by atoms with Gasteiger partial charge in [-0.15, -0.1) is 0 Å². The zero-order valence-corrected chi connectivity index (χ0v) is 12.5. The van der Waals surface area contributed by atoms with E-state index in [2.05, 4.69) is 15.5 Å². The van der Waals surface area contributed by atoms with Gasteiger partial charge in [-0.05, 0) is 24.6 Å². The molecule has 23 heavy (non-hydrogen) atoms. The summed E-state index contributed by atoms with van der Waals surface area (Å²) in [4.78, 5) is 24.5. The number of carbonyl (C=O) groups is 2. The first kappa shape index (κ1) is 13.8. The van der Waals surface area contributed by atoms with Crippen molar-refractivity contribution in [1.29, 1.82) is 0 Å². The molecular formula is C17H16N4O2. The van der Waals surface area contributed by atoms with Crippen molar-refractivity contribution in [2.24, 2.45) is 0 Å². The van der Waals surface area contributed by atoms with Crippen LogP contribution < -0.4 is 5.32 Å². The number of ketones is 1. The summed E-state index contributed by atoms with van der Waals surface area (Å²) >= 11 is 0. The Bertz CT molecular complexity index is 893. The van der Waals surface area contributed by atoms with E-state index in [0.29, 0.717) is 24.2 Å². The zero-order chi connectivity index (χ0) is 15.8. The van der Waals surface area contributed by atoms with Gasteiger partial charge in [0.25, 0.3) is 5.91 Å². The van der Waals surface area contributed by atoms with E-state index in [-0.39, 0.29) is 11.7 Å². The molecule has 1 aliphatic rings. The molecule has 1 amide bonds. The van der Waals surface area contributed by atoms with E-state index < -0.39 is 0 Å². The molecule has 0 spiro atoms. The molecule has 6 nitrogen and oxygen atoms in total. The van der Waals surface area contributed by atoms with E-state index >= 15 is 0 Å². The number of hydrogen-bond donors (Lipinski definition) is 2. The van der Waals surface area contributed by atoms with Crippen LogP contribution in [0.15, 0.2) is 36.5 Å². The van der Waals surface area contributed by atoms with Gasteiger partial charge in [0.05, 0.1) is 6.42 Å². The van der Waals surface area contributed by atoms with Crippen molar-refractivity contribution in [2.75, 3.05) is 6.54 Å². The maximum absolute atomic E-state index is 12.4. The smallest absolute Gasteiger partial charge is 0.267 e. The monoisotopic (exact) mass is 308 g/mol. The van der Waals surface area contributed by atoms with Crippen LogP contribution in [0.2, 0.25) is 0 Å². The predicted molar refractivity (Wildman–Crippen MR) is 85.5 cm³/mol. The molecule has 1 aromatic carbocycles. The number of carbonyl (C=O) groups excluding carboxylic acids is 2. The number of nitrogens with one attached hydrogen (secondary N) is 2. The molecular weight excluding hydrogens is 292 g/mol. The van der Waals surface area contributed by atoms with Crippen LogP contribution >= 0.6 is 0 Å². The van der Waals surface area contributed by atoms with E-state index in [0.717, 1.165) is 29.6 Å². The molecule has 0 fully saturated rings. The summed E-state index contributed by atoms with van der Waals surface area (Å²) in [5.74, 6) is -0.0196. The lowest BCUT2D eigenvalue weighted by Gasteiger charge is -2.06. The summed E-state index contributed by atoms with van der Waals surface area (Å²) < 4.78 is 2.00. The number of aromatic nitrogens is 3. The third kappa shape index (κ3) is 2.42. The van der Waals surface area contributed by atoms with E-state index in [1.807, 2.05) is 28.8 Å². The lowest BCUT2D eigenvalue weighted by Crippen LogP contribution is -2.22. The normalized spacial score (nSPS) is 14.3. The quantitative estimate of drug-likeness (QED) is 0.726. The second-order valence-corrected chi connectivity index (χ2v) is 5.75. The molecule has 3 aromatic rings. The van der Waals surface area contributed by atoms with Crippen LogP contribution in [0.5, 0.6) is 0 Å². The van der Waals surface area contributed by atoms with Crippen molar-refractivity contribution in [3.8, 4) is 0 Å². The molecule has 3 heterocycles. The molecule has 6 heteroatoms. The van der Waals surface area contributed by atoms with Crippen LogP contribution in [-0.2, 0) is 13.0 Å². The summed E-state index contributed by atoms with van der Waals surface area (Å²) in [7, 11) is 0. The fourth-order valence-corrected chi connectivity index (χ4v) is 3.04. The highest BCUT2D eigenvalue weighted by Gasteiger charge is 2.19. The van der Waals surface area contributed by atoms with Crippen LogP contribution in [0.3, 0.4) is 0 Å². The predicted octanol–water partition coefficient (Wildman–Crippen LogP) is 1.92. The van der Waals surface area contributed by atoms with Crippen LogP contribution in [0.4, 0.5) is 0 Å². The average molecular weight is 308 g/mol. The Morgan fingerprint density at radius 3 is 3.00 bits per heavy atom. The van der Waals surface area contributed by atoms with E-state index in [9.17, 15) is 9.59 Å². The van der Waals surface area contributed by atoms with E-state index in [1.54, 1.807) is 12.3 Å². The molecule has 1 aliphatic heterocycles. The van der Waals surface area contributed by atoms with Crippen LogP contribution in [0.25, 0.3) is 10.9 Å². The highest BCUT2D eigenvalue weighted by molar-refractivity contribution is 6.03. The fraction of sp³-hybridized carbons (Fsp3) is 0.235. The van der Waals surface area contributed by atoms with Crippen molar-refractivity contribution in [3.63, 3.8) is 0 Å². The number of rotatable bonds is 3. The first-order valence-electron chi connectivity index (χ1n) is 7.65. The summed E-state index contributed by atoms with van der Waals surface area (Å²) in [6.07, 6.45) is 2.81. The van der Waals surface area contributed by atoms with Gasteiger partial charge < -0.3 is 9.88 Å². The highest BCUT2D eigenvalue weighted by atomic mass is 16.2. The van der Waals surface area contributed by atoms with Crippen molar-refractivity contribution < 1.29 is 9.59 Å². The fourth-order valence-electron chi connectivity index (χ4n) is 3.04. The number of H-pyrrole nitrogens is 1. The maximum Gasteiger partial charge on any atom is 0.267 e. The molecule has 0 atom stereocenters. The summed E-state index contributed by atoms with van der Waals surface area (Å²) in [5, 5.41) is 10.5. The summed E-state index contributed by atoms with van der Waals surface area (Å²) in [6, 6.07) is 9.29. The van der Waals surface area contributed by atoms with Crippen LogP contribution in [0.1, 0.15) is 33.0 Å². The Balaban J connectivity index is 1.74. The SMILES string of the molecule is O=C(Cc1ccn[nH]1)c1ccc2cc3n(c2c1)CCCNC3=O. The molecule has 0 saturated carbocycles. The first-order valence-corrected chi connectivity index (χ1v) is 7.65. The lowest BCUT2D eigenvalue weighted by molar-refractivity contribution is 0.0950. The Morgan fingerprint density at radius 2 is 2.17 bits per heavy atom. The average Bonchev–Trinajstić information content (AvgIpc) is 3.14. The lowest BCUT2D eigenvalue weighted by atomic mass is 10.1. The minimum atomic E-state index is -0.0518. The number of aromatic amines is 1. The van der Waals surface area contributed by atoms with Gasteiger partial charge in [0, 0.05) is 41.4 Å². The molecule has 0 unspecified atom stereocenters. The molecule has 0 bridgehead atoms. The number of Topliss-reactive ketones (excluding diaryl/α,β-unsaturated/α-hetero) is 1. The Kier molecular flexibility index (Phi) is 3.22. The number of hydrogen-bond acceptors (Lipinski definition) is 3. The number of aryl methyl sites for hydroxylation is 1. The molecule has 0 saturated heterocycles. The van der Waals surface area contributed by atoms with E-state index in [1.165, 1.54) is 0 Å². The van der Waals surface area contributed by atoms with Crippen molar-refractivity contribution in [1.82, 2.24) is 20.1 Å². The standard InChI is InChI=1S/C17H16N4O2/c22-16(10-13-4-6-19-20-13)12-3-2-11-8-15-17(23)18-5-1-7-21(15)14(11)9-12/h2-4,6,8-9H,1,5,7,10H2,(H,18,23)(H,19,20). The van der Waals surface area contributed by atoms with E-state index in [4.69, 9.17) is 0 Å². The zero-order valence-electron chi connectivity index (χ0n) is 12.5. The Hall–Kier alpha value is -2.89. The van der Waals surface area contributed by atoms with Gasteiger partial charge >= 0.3 is 0 Å². The van der Waals surface area contributed by atoms with Gasteiger partial charge in [-0.3, -0.25) is 14.7 Å². The number of fused-ring (bicyclic) bond motifs is 3. The van der Waals surface area contributed by atoms with Gasteiger partial charge in [0.15, 0.2) is 5.78 Å².